The smallest absolute Gasteiger partial charge is 0.267 e. The fourth-order valence-electron chi connectivity index (χ4n) is 3.92. The van der Waals surface area contributed by atoms with Crippen molar-refractivity contribution in [2.24, 2.45) is 0 Å². The molecule has 5 N–H and O–H groups in total. The van der Waals surface area contributed by atoms with Crippen molar-refractivity contribution in [3.8, 4) is 0 Å². The molecule has 1 aliphatic carbocycles. The second-order valence-electron chi connectivity index (χ2n) is 8.99. The molecule has 6 nitrogen and oxygen atoms in total. The van der Waals surface area contributed by atoms with Crippen molar-refractivity contribution in [1.29, 1.82) is 0 Å². The van der Waals surface area contributed by atoms with Gasteiger partial charge in [0.15, 0.2) is 11.4 Å². The zero-order valence-corrected chi connectivity index (χ0v) is 21.6. The van der Waals surface area contributed by atoms with Crippen LogP contribution in [0.25, 0.3) is 0 Å². The third kappa shape index (κ3) is 8.16. The number of hydrogen-bond donors (Lipinski definition) is 4. The van der Waals surface area contributed by atoms with E-state index in [9.17, 15) is 14.4 Å². The van der Waals surface area contributed by atoms with Gasteiger partial charge in [0.1, 0.15) is 0 Å². The molecule has 1 saturated carbocycles. The standard InChI is InChI=1S/C25H35FN4O2S2/c1-30(2)16-13-19(18-33-20-9-5-3-6-10-20)27-22-12-11-21(17-23(22)28-32)34-29-24(31)25(26)14-7-4-8-15-25/h3,5-6,9-12,17,19,27-28,32H,4,7-8,13-16,18H2,1-2H3,(H,29,31)/p+1. The van der Waals surface area contributed by atoms with Crippen LogP contribution in [0.3, 0.4) is 0 Å². The number of rotatable bonds is 12. The van der Waals surface area contributed by atoms with Crippen molar-refractivity contribution in [1.82, 2.24) is 9.62 Å². The first kappa shape index (κ1) is 26.8. The first-order valence-electron chi connectivity index (χ1n) is 11.8. The summed E-state index contributed by atoms with van der Waals surface area (Å²) >= 11 is 2.89. The predicted octanol–water partition coefficient (Wildman–Crippen LogP) is 4.59. The van der Waals surface area contributed by atoms with Gasteiger partial charge in [-0.3, -0.25) is 9.52 Å². The summed E-state index contributed by atoms with van der Waals surface area (Å²) in [6, 6.07) is 16.1. The molecule has 0 saturated heterocycles. The number of amides is 1. The SMILES string of the molecule is CN(C)CCC(CSc1ccccc1)Nc1ccc(SNC(=O)C2(F)CCCCC2)cc1[NH2+]O. The van der Waals surface area contributed by atoms with Crippen LogP contribution in [-0.2, 0) is 4.79 Å². The van der Waals surface area contributed by atoms with Crippen molar-refractivity contribution < 1.29 is 19.9 Å². The van der Waals surface area contributed by atoms with Gasteiger partial charge in [-0.2, -0.15) is 5.48 Å². The molecule has 0 radical (unpaired) electrons. The highest BCUT2D eigenvalue weighted by atomic mass is 32.2. The molecule has 186 valence electrons. The highest BCUT2D eigenvalue weighted by molar-refractivity contribution is 7.99. The number of halogens is 1. The van der Waals surface area contributed by atoms with Crippen LogP contribution >= 0.6 is 23.7 Å². The number of quaternary nitrogens is 1. The molecular weight excluding hydrogens is 471 g/mol. The highest BCUT2D eigenvalue weighted by Crippen LogP contribution is 2.33. The first-order chi connectivity index (χ1) is 16.4. The molecule has 1 aliphatic rings. The Morgan fingerprint density at radius 1 is 1.15 bits per heavy atom. The number of carbonyl (C=O) groups excluding carboxylic acids is 1. The van der Waals surface area contributed by atoms with Crippen molar-refractivity contribution in [3.05, 3.63) is 48.5 Å². The topological polar surface area (TPSA) is 81.2 Å². The second-order valence-corrected chi connectivity index (χ2v) is 11.0. The van der Waals surface area contributed by atoms with Crippen LogP contribution in [0, 0.1) is 0 Å². The third-order valence-corrected chi connectivity index (χ3v) is 7.91. The number of anilines is 1. The Morgan fingerprint density at radius 2 is 1.88 bits per heavy atom. The molecule has 2 aromatic rings. The van der Waals surface area contributed by atoms with E-state index in [0.29, 0.717) is 5.69 Å². The van der Waals surface area contributed by atoms with Gasteiger partial charge in [0, 0.05) is 27.7 Å². The quantitative estimate of drug-likeness (QED) is 0.146. The summed E-state index contributed by atoms with van der Waals surface area (Å²) < 4.78 is 17.5. The van der Waals surface area contributed by atoms with Crippen molar-refractivity contribution in [2.45, 2.75) is 60.0 Å². The molecule has 0 aromatic heterocycles. The summed E-state index contributed by atoms with van der Waals surface area (Å²) in [7, 11) is 4.12. The molecule has 3 rings (SSSR count). The van der Waals surface area contributed by atoms with E-state index < -0.39 is 11.6 Å². The van der Waals surface area contributed by atoms with Crippen LogP contribution in [0.2, 0.25) is 0 Å². The monoisotopic (exact) mass is 507 g/mol. The van der Waals surface area contributed by atoms with Crippen LogP contribution in [0.5, 0.6) is 0 Å². The van der Waals surface area contributed by atoms with E-state index in [0.717, 1.165) is 66.0 Å². The lowest BCUT2D eigenvalue weighted by molar-refractivity contribution is -0.825. The van der Waals surface area contributed by atoms with Gasteiger partial charge in [-0.1, -0.05) is 24.6 Å². The maximum Gasteiger partial charge on any atom is 0.267 e. The van der Waals surface area contributed by atoms with E-state index in [1.807, 2.05) is 30.3 Å². The van der Waals surface area contributed by atoms with E-state index in [4.69, 9.17) is 0 Å². The number of thioether (sulfide) groups is 1. The van der Waals surface area contributed by atoms with Gasteiger partial charge >= 0.3 is 0 Å². The third-order valence-electron chi connectivity index (χ3n) is 5.96. The highest BCUT2D eigenvalue weighted by Gasteiger charge is 2.39. The summed E-state index contributed by atoms with van der Waals surface area (Å²) in [5.41, 5.74) is 0.755. The molecule has 1 unspecified atom stereocenters. The number of alkyl halides is 1. The lowest BCUT2D eigenvalue weighted by Crippen LogP contribution is -2.74. The largest absolute Gasteiger partial charge is 0.377 e. The minimum atomic E-state index is -1.77. The minimum absolute atomic E-state index is 0.196. The Morgan fingerprint density at radius 3 is 2.56 bits per heavy atom. The lowest BCUT2D eigenvalue weighted by Gasteiger charge is -2.27. The van der Waals surface area contributed by atoms with Gasteiger partial charge in [-0.15, -0.1) is 11.8 Å². The molecular formula is C25H36FN4O2S2+. The summed E-state index contributed by atoms with van der Waals surface area (Å²) in [4.78, 5) is 16.5. The number of carbonyl (C=O) groups is 1. The Bertz CT molecular complexity index is 911. The van der Waals surface area contributed by atoms with E-state index in [-0.39, 0.29) is 18.9 Å². The predicted molar refractivity (Wildman–Crippen MR) is 138 cm³/mol. The molecule has 0 spiro atoms. The molecule has 1 fully saturated rings. The van der Waals surface area contributed by atoms with E-state index in [2.05, 4.69) is 41.2 Å². The zero-order valence-electron chi connectivity index (χ0n) is 19.9. The van der Waals surface area contributed by atoms with Crippen LogP contribution in [0.4, 0.5) is 15.8 Å². The average Bonchev–Trinajstić information content (AvgIpc) is 2.85. The van der Waals surface area contributed by atoms with Gasteiger partial charge in [-0.05, 0) is 89.0 Å². The average molecular weight is 508 g/mol. The molecule has 2 aromatic carbocycles. The molecule has 9 heteroatoms. The van der Waals surface area contributed by atoms with E-state index in [1.54, 1.807) is 17.8 Å². The summed E-state index contributed by atoms with van der Waals surface area (Å²) in [5, 5.41) is 13.4. The minimum Gasteiger partial charge on any atom is -0.377 e. The first-order valence-corrected chi connectivity index (χ1v) is 13.6. The fourth-order valence-corrected chi connectivity index (χ4v) is 5.63. The van der Waals surface area contributed by atoms with Gasteiger partial charge in [0.2, 0.25) is 0 Å². The van der Waals surface area contributed by atoms with Gasteiger partial charge in [0.05, 0.1) is 5.69 Å². The van der Waals surface area contributed by atoms with Crippen LogP contribution in [-0.4, -0.2) is 54.1 Å². The summed E-state index contributed by atoms with van der Waals surface area (Å²) in [6.45, 7) is 0.941. The maximum atomic E-state index is 14.9. The van der Waals surface area contributed by atoms with Crippen molar-refractivity contribution >= 4 is 41.0 Å². The van der Waals surface area contributed by atoms with Crippen LogP contribution in [0.15, 0.2) is 58.3 Å². The van der Waals surface area contributed by atoms with Crippen LogP contribution in [0.1, 0.15) is 38.5 Å². The Hall–Kier alpha value is -1.78. The molecule has 0 bridgehead atoms. The fraction of sp³-hybridized carbons (Fsp3) is 0.480. The number of nitrogens with zero attached hydrogens (tertiary/aromatic N) is 1. The van der Waals surface area contributed by atoms with Crippen molar-refractivity contribution in [2.75, 3.05) is 31.7 Å². The molecule has 1 amide bonds. The molecule has 1 atom stereocenters. The molecule has 0 heterocycles. The summed E-state index contributed by atoms with van der Waals surface area (Å²) in [5.74, 6) is 0.323. The Labute approximate surface area is 210 Å². The van der Waals surface area contributed by atoms with E-state index in [1.165, 1.54) is 4.90 Å². The molecule has 34 heavy (non-hydrogen) atoms. The maximum absolute atomic E-state index is 14.9. The van der Waals surface area contributed by atoms with Crippen LogP contribution < -0.4 is 15.5 Å². The van der Waals surface area contributed by atoms with E-state index >= 15 is 0 Å². The van der Waals surface area contributed by atoms with Crippen molar-refractivity contribution in [3.63, 3.8) is 0 Å². The van der Waals surface area contributed by atoms with Gasteiger partial charge in [0.25, 0.3) is 5.91 Å². The molecule has 0 aliphatic heterocycles. The summed E-state index contributed by atoms with van der Waals surface area (Å²) in [6.07, 6.45) is 3.99. The number of nitrogens with two attached hydrogens (primary N) is 1. The normalized spacial score (nSPS) is 16.3. The number of nitrogens with one attached hydrogen (secondary N) is 2. The Kier molecular flexibility index (Phi) is 10.5. The van der Waals surface area contributed by atoms with Gasteiger partial charge in [-0.25, -0.2) is 9.60 Å². The Balaban J connectivity index is 1.62. The zero-order chi connectivity index (χ0) is 24.4. The number of benzene rings is 2. The number of hydrogen-bond acceptors (Lipinski definition) is 6. The second kappa shape index (κ2) is 13.3. The lowest BCUT2D eigenvalue weighted by atomic mass is 9.86. The van der Waals surface area contributed by atoms with Gasteiger partial charge < -0.3 is 10.2 Å².